The first-order chi connectivity index (χ1) is 15.4. The number of halogens is 3. The van der Waals surface area contributed by atoms with Gasteiger partial charge in [-0.25, -0.2) is 4.39 Å². The van der Waals surface area contributed by atoms with Gasteiger partial charge in [0.1, 0.15) is 11.6 Å². The molecule has 2 aromatic carbocycles. The summed E-state index contributed by atoms with van der Waals surface area (Å²) in [5.41, 5.74) is 0.569. The van der Waals surface area contributed by atoms with Crippen molar-refractivity contribution in [3.63, 3.8) is 0 Å². The standard InChI is InChI=1S/C21H20Cl2FN5O2S/c1-2-29-17(10-11-18(30)25-15-8-4-3-7-14(15)24)27-28-21(29)32-12-19(31)26-16-9-5-6-13(22)20(16)23/h3-9H,2,10-12H2,1H3,(H,25,30)(H,26,31). The molecule has 0 unspecified atom stereocenters. The predicted molar refractivity (Wildman–Crippen MR) is 125 cm³/mol. The van der Waals surface area contributed by atoms with E-state index in [1.807, 2.05) is 11.5 Å². The van der Waals surface area contributed by atoms with Gasteiger partial charge < -0.3 is 15.2 Å². The van der Waals surface area contributed by atoms with Crippen molar-refractivity contribution in [1.29, 1.82) is 0 Å². The molecule has 3 aromatic rings. The number of anilines is 2. The number of thioether (sulfide) groups is 1. The van der Waals surface area contributed by atoms with Crippen molar-refractivity contribution in [2.24, 2.45) is 0 Å². The van der Waals surface area contributed by atoms with Gasteiger partial charge >= 0.3 is 0 Å². The summed E-state index contributed by atoms with van der Waals surface area (Å²) in [6, 6.07) is 11.0. The third-order valence-electron chi connectivity index (χ3n) is 4.39. The van der Waals surface area contributed by atoms with Crippen LogP contribution in [0.1, 0.15) is 19.2 Å². The molecule has 11 heteroatoms. The number of rotatable bonds is 9. The second-order valence-corrected chi connectivity index (χ2v) is 8.34. The molecule has 32 heavy (non-hydrogen) atoms. The molecule has 0 aliphatic heterocycles. The molecule has 2 N–H and O–H groups in total. The van der Waals surface area contributed by atoms with Crippen molar-refractivity contribution in [2.45, 2.75) is 31.5 Å². The molecular formula is C21H20Cl2FN5O2S. The van der Waals surface area contributed by atoms with Crippen LogP contribution in [-0.4, -0.2) is 32.3 Å². The van der Waals surface area contributed by atoms with Gasteiger partial charge in [-0.2, -0.15) is 0 Å². The van der Waals surface area contributed by atoms with Gasteiger partial charge in [0.2, 0.25) is 11.8 Å². The van der Waals surface area contributed by atoms with Gasteiger partial charge in [0.25, 0.3) is 0 Å². The first-order valence-corrected chi connectivity index (χ1v) is 11.5. The SMILES string of the molecule is CCn1c(CCC(=O)Nc2ccccc2F)nnc1SCC(=O)Nc1cccc(Cl)c1Cl. The Morgan fingerprint density at radius 2 is 1.75 bits per heavy atom. The zero-order valence-electron chi connectivity index (χ0n) is 17.1. The normalized spacial score (nSPS) is 10.8. The Labute approximate surface area is 198 Å². The van der Waals surface area contributed by atoms with Gasteiger partial charge in [-0.1, -0.05) is 53.2 Å². The average Bonchev–Trinajstić information content (AvgIpc) is 3.17. The maximum Gasteiger partial charge on any atom is 0.234 e. The van der Waals surface area contributed by atoms with Gasteiger partial charge in [-0.05, 0) is 31.2 Å². The number of carbonyl (C=O) groups is 2. The van der Waals surface area contributed by atoms with E-state index in [-0.39, 0.29) is 34.7 Å². The third kappa shape index (κ3) is 6.21. The van der Waals surface area contributed by atoms with Crippen LogP contribution in [0.5, 0.6) is 0 Å². The Morgan fingerprint density at radius 1 is 1.03 bits per heavy atom. The molecule has 0 aliphatic rings. The van der Waals surface area contributed by atoms with Crippen LogP contribution in [0.3, 0.4) is 0 Å². The minimum atomic E-state index is -0.492. The number of hydrogen-bond acceptors (Lipinski definition) is 5. The molecule has 0 fully saturated rings. The topological polar surface area (TPSA) is 88.9 Å². The Kier molecular flexibility index (Phi) is 8.49. The maximum absolute atomic E-state index is 13.7. The number of aromatic nitrogens is 3. The van der Waals surface area contributed by atoms with E-state index in [9.17, 15) is 14.0 Å². The largest absolute Gasteiger partial charge is 0.324 e. The lowest BCUT2D eigenvalue weighted by molar-refractivity contribution is -0.116. The van der Waals surface area contributed by atoms with E-state index in [2.05, 4.69) is 20.8 Å². The van der Waals surface area contributed by atoms with Crippen molar-refractivity contribution in [3.8, 4) is 0 Å². The molecule has 0 spiro atoms. The zero-order chi connectivity index (χ0) is 23.1. The molecule has 1 aromatic heterocycles. The highest BCUT2D eigenvalue weighted by molar-refractivity contribution is 7.99. The van der Waals surface area contributed by atoms with E-state index in [1.165, 1.54) is 23.9 Å². The number of nitrogens with zero attached hydrogens (tertiary/aromatic N) is 3. The van der Waals surface area contributed by atoms with Crippen molar-refractivity contribution in [1.82, 2.24) is 14.8 Å². The summed E-state index contributed by atoms with van der Waals surface area (Å²) in [6.45, 7) is 2.49. The first-order valence-electron chi connectivity index (χ1n) is 9.72. The van der Waals surface area contributed by atoms with Crippen LogP contribution < -0.4 is 10.6 Å². The van der Waals surface area contributed by atoms with E-state index < -0.39 is 5.82 Å². The highest BCUT2D eigenvalue weighted by Gasteiger charge is 2.16. The van der Waals surface area contributed by atoms with E-state index in [1.54, 1.807) is 30.3 Å². The minimum Gasteiger partial charge on any atom is -0.324 e. The van der Waals surface area contributed by atoms with Gasteiger partial charge in [0.05, 0.1) is 27.2 Å². The summed E-state index contributed by atoms with van der Waals surface area (Å²) >= 11 is 13.3. The first kappa shape index (κ1) is 24.0. The molecule has 0 aliphatic carbocycles. The zero-order valence-corrected chi connectivity index (χ0v) is 19.4. The quantitative estimate of drug-likeness (QED) is 0.405. The fraction of sp³-hybridized carbons (Fsp3) is 0.238. The Morgan fingerprint density at radius 3 is 2.50 bits per heavy atom. The Balaban J connectivity index is 1.55. The fourth-order valence-electron chi connectivity index (χ4n) is 2.85. The molecule has 0 radical (unpaired) electrons. The van der Waals surface area contributed by atoms with E-state index >= 15 is 0 Å². The maximum atomic E-state index is 13.7. The Bertz CT molecular complexity index is 1130. The molecule has 1 heterocycles. The van der Waals surface area contributed by atoms with E-state index in [4.69, 9.17) is 23.2 Å². The van der Waals surface area contributed by atoms with Crippen LogP contribution >= 0.6 is 35.0 Å². The van der Waals surface area contributed by atoms with Gasteiger partial charge in [0.15, 0.2) is 5.16 Å². The molecule has 0 atom stereocenters. The lowest BCUT2D eigenvalue weighted by Gasteiger charge is -2.09. The van der Waals surface area contributed by atoms with Crippen LogP contribution in [0.2, 0.25) is 10.0 Å². The molecule has 2 amide bonds. The van der Waals surface area contributed by atoms with Gasteiger partial charge in [-0.15, -0.1) is 10.2 Å². The van der Waals surface area contributed by atoms with Crippen molar-refractivity contribution in [3.05, 3.63) is 64.2 Å². The average molecular weight is 496 g/mol. The molecule has 0 saturated heterocycles. The van der Waals surface area contributed by atoms with Crippen molar-refractivity contribution >= 4 is 58.2 Å². The minimum absolute atomic E-state index is 0.0920. The lowest BCUT2D eigenvalue weighted by atomic mass is 10.2. The van der Waals surface area contributed by atoms with Crippen molar-refractivity contribution < 1.29 is 14.0 Å². The number of hydrogen-bond donors (Lipinski definition) is 2. The number of benzene rings is 2. The third-order valence-corrected chi connectivity index (χ3v) is 6.18. The Hall–Kier alpha value is -2.62. The predicted octanol–water partition coefficient (Wildman–Crippen LogP) is 5.05. The van der Waals surface area contributed by atoms with Crippen LogP contribution in [-0.2, 0) is 22.6 Å². The van der Waals surface area contributed by atoms with Gasteiger partial charge in [-0.3, -0.25) is 9.59 Å². The second kappa shape index (κ2) is 11.3. The van der Waals surface area contributed by atoms with E-state index in [0.29, 0.717) is 34.7 Å². The molecule has 7 nitrogen and oxygen atoms in total. The smallest absolute Gasteiger partial charge is 0.234 e. The number of nitrogens with one attached hydrogen (secondary N) is 2. The lowest BCUT2D eigenvalue weighted by Crippen LogP contribution is -2.16. The molecule has 0 bridgehead atoms. The molecule has 3 rings (SSSR count). The fourth-order valence-corrected chi connectivity index (χ4v) is 4.01. The summed E-state index contributed by atoms with van der Waals surface area (Å²) in [5.74, 6) is -0.386. The number of amides is 2. The monoisotopic (exact) mass is 495 g/mol. The summed E-state index contributed by atoms with van der Waals surface area (Å²) < 4.78 is 15.5. The summed E-state index contributed by atoms with van der Waals surface area (Å²) in [6.07, 6.45) is 0.441. The summed E-state index contributed by atoms with van der Waals surface area (Å²) in [4.78, 5) is 24.5. The highest BCUT2D eigenvalue weighted by Crippen LogP contribution is 2.29. The highest BCUT2D eigenvalue weighted by atomic mass is 35.5. The number of para-hydroxylation sites is 1. The molecule has 168 valence electrons. The summed E-state index contributed by atoms with van der Waals surface area (Å²) in [7, 11) is 0. The number of aryl methyl sites for hydroxylation is 1. The van der Waals surface area contributed by atoms with E-state index in [0.717, 1.165) is 0 Å². The van der Waals surface area contributed by atoms with Gasteiger partial charge in [0, 0.05) is 19.4 Å². The van der Waals surface area contributed by atoms with Crippen molar-refractivity contribution in [2.75, 3.05) is 16.4 Å². The summed E-state index contributed by atoms with van der Waals surface area (Å²) in [5, 5.41) is 14.7. The molecule has 0 saturated carbocycles. The number of carbonyl (C=O) groups excluding carboxylic acids is 2. The molecular weight excluding hydrogens is 476 g/mol. The second-order valence-electron chi connectivity index (χ2n) is 6.61. The van der Waals surface area contributed by atoms with Crippen LogP contribution in [0, 0.1) is 5.82 Å². The van der Waals surface area contributed by atoms with Crippen LogP contribution in [0.25, 0.3) is 0 Å². The van der Waals surface area contributed by atoms with Crippen LogP contribution in [0.15, 0.2) is 47.6 Å². The van der Waals surface area contributed by atoms with Crippen LogP contribution in [0.4, 0.5) is 15.8 Å².